The van der Waals surface area contributed by atoms with E-state index in [-0.39, 0.29) is 5.60 Å². The summed E-state index contributed by atoms with van der Waals surface area (Å²) < 4.78 is 11.6. The topological polar surface area (TPSA) is 46.6 Å². The van der Waals surface area contributed by atoms with Gasteiger partial charge in [0.2, 0.25) is 0 Å². The summed E-state index contributed by atoms with van der Waals surface area (Å²) in [6.07, 6.45) is 3.25. The average Bonchev–Trinajstić information content (AvgIpc) is 3.06. The van der Waals surface area contributed by atoms with Crippen LogP contribution >= 0.6 is 0 Å². The van der Waals surface area contributed by atoms with Crippen molar-refractivity contribution < 1.29 is 9.47 Å². The third kappa shape index (κ3) is 4.42. The number of piperidine rings is 1. The van der Waals surface area contributed by atoms with Gasteiger partial charge in [0.1, 0.15) is 5.75 Å². The summed E-state index contributed by atoms with van der Waals surface area (Å²) >= 11 is 0. The number of likely N-dealkylation sites (tertiary alicyclic amines) is 1. The van der Waals surface area contributed by atoms with E-state index in [0.717, 1.165) is 68.3 Å². The first-order valence-electron chi connectivity index (χ1n) is 9.84. The molecule has 144 valence electrons. The Morgan fingerprint density at radius 2 is 2.04 bits per heavy atom. The molecule has 3 heterocycles. The molecule has 0 saturated carbocycles. The number of nitrogens with zero attached hydrogens (tertiary/aromatic N) is 2. The Kier molecular flexibility index (Phi) is 5.32. The summed E-state index contributed by atoms with van der Waals surface area (Å²) in [6, 6.07) is 14.8. The minimum atomic E-state index is 0.0348. The van der Waals surface area contributed by atoms with Gasteiger partial charge in [-0.1, -0.05) is 12.1 Å². The molecule has 2 aliphatic heterocycles. The van der Waals surface area contributed by atoms with E-state index in [1.807, 2.05) is 18.2 Å². The molecule has 5 nitrogen and oxygen atoms in total. The molecule has 0 radical (unpaired) electrons. The molecule has 0 unspecified atom stereocenters. The Bertz CT molecular complexity index is 772. The van der Waals surface area contributed by atoms with Crippen molar-refractivity contribution in [3.63, 3.8) is 0 Å². The molecule has 4 rings (SSSR count). The van der Waals surface area contributed by atoms with Crippen LogP contribution in [0.1, 0.15) is 30.7 Å². The number of rotatable bonds is 5. The summed E-state index contributed by atoms with van der Waals surface area (Å²) in [5.41, 5.74) is 3.39. The summed E-state index contributed by atoms with van der Waals surface area (Å²) in [5, 5.41) is 3.62. The molecule has 27 heavy (non-hydrogen) atoms. The maximum absolute atomic E-state index is 6.30. The lowest BCUT2D eigenvalue weighted by atomic mass is 9.87. The SMILES string of the molecule is COc1cccc(N[C@@H]2COC3(CCN(Cc4cccc(C)n4)CC3)C2)c1. The average molecular weight is 367 g/mol. The monoisotopic (exact) mass is 367 g/mol. The molecule has 1 atom stereocenters. The number of hydrogen-bond acceptors (Lipinski definition) is 5. The number of hydrogen-bond donors (Lipinski definition) is 1. The first-order valence-corrected chi connectivity index (χ1v) is 9.84. The van der Waals surface area contributed by atoms with Crippen molar-refractivity contribution in [3.8, 4) is 5.75 Å². The highest BCUT2D eigenvalue weighted by molar-refractivity contribution is 5.49. The highest BCUT2D eigenvalue weighted by Gasteiger charge is 2.42. The number of methoxy groups -OCH3 is 1. The molecule has 1 aromatic heterocycles. The van der Waals surface area contributed by atoms with Crippen LogP contribution in [0.2, 0.25) is 0 Å². The summed E-state index contributed by atoms with van der Waals surface area (Å²) in [6.45, 7) is 5.90. The molecule has 5 heteroatoms. The number of aryl methyl sites for hydroxylation is 1. The molecule has 1 aromatic carbocycles. The minimum absolute atomic E-state index is 0.0348. The van der Waals surface area contributed by atoms with Gasteiger partial charge in [0.25, 0.3) is 0 Å². The second kappa shape index (κ2) is 7.87. The lowest BCUT2D eigenvalue weighted by molar-refractivity contribution is -0.0449. The molecule has 2 saturated heterocycles. The molecule has 0 amide bonds. The fraction of sp³-hybridized carbons (Fsp3) is 0.500. The number of benzene rings is 1. The Hall–Kier alpha value is -2.11. The van der Waals surface area contributed by atoms with Crippen molar-refractivity contribution in [2.45, 2.75) is 44.4 Å². The Morgan fingerprint density at radius 1 is 1.22 bits per heavy atom. The quantitative estimate of drug-likeness (QED) is 0.874. The summed E-state index contributed by atoms with van der Waals surface area (Å²) in [4.78, 5) is 7.14. The zero-order valence-electron chi connectivity index (χ0n) is 16.3. The lowest BCUT2D eigenvalue weighted by Crippen LogP contribution is -2.44. The maximum Gasteiger partial charge on any atom is 0.120 e. The van der Waals surface area contributed by atoms with E-state index in [1.165, 1.54) is 0 Å². The van der Waals surface area contributed by atoms with Crippen LogP contribution in [-0.2, 0) is 11.3 Å². The van der Waals surface area contributed by atoms with Crippen molar-refractivity contribution >= 4 is 5.69 Å². The fourth-order valence-electron chi connectivity index (χ4n) is 4.27. The Labute approximate surface area is 161 Å². The fourth-order valence-corrected chi connectivity index (χ4v) is 4.27. The molecule has 0 aliphatic carbocycles. The normalized spacial score (nSPS) is 22.1. The van der Waals surface area contributed by atoms with E-state index in [2.05, 4.69) is 46.4 Å². The number of ether oxygens (including phenoxy) is 2. The zero-order chi connectivity index (χ0) is 18.7. The van der Waals surface area contributed by atoms with E-state index in [0.29, 0.717) is 6.04 Å². The van der Waals surface area contributed by atoms with Gasteiger partial charge in [-0.05, 0) is 50.5 Å². The maximum atomic E-state index is 6.30. The molecular formula is C22H29N3O2. The first kappa shape index (κ1) is 18.3. The van der Waals surface area contributed by atoms with Gasteiger partial charge in [-0.25, -0.2) is 0 Å². The Morgan fingerprint density at radius 3 is 2.81 bits per heavy atom. The Balaban J connectivity index is 1.30. The number of nitrogens with one attached hydrogen (secondary N) is 1. The van der Waals surface area contributed by atoms with Crippen LogP contribution in [0.15, 0.2) is 42.5 Å². The lowest BCUT2D eigenvalue weighted by Gasteiger charge is -2.38. The smallest absolute Gasteiger partial charge is 0.120 e. The van der Waals surface area contributed by atoms with Crippen LogP contribution < -0.4 is 10.1 Å². The largest absolute Gasteiger partial charge is 0.497 e. The molecule has 0 bridgehead atoms. The second-order valence-electron chi connectivity index (χ2n) is 7.82. The van der Waals surface area contributed by atoms with Gasteiger partial charge in [0.15, 0.2) is 0 Å². The van der Waals surface area contributed by atoms with Gasteiger partial charge in [-0.2, -0.15) is 0 Å². The highest BCUT2D eigenvalue weighted by Crippen LogP contribution is 2.37. The van der Waals surface area contributed by atoms with Crippen LogP contribution in [0, 0.1) is 6.92 Å². The predicted octanol–water partition coefficient (Wildman–Crippen LogP) is 3.63. The molecule has 2 fully saturated rings. The number of pyridine rings is 1. The van der Waals surface area contributed by atoms with Crippen LogP contribution in [0.25, 0.3) is 0 Å². The summed E-state index contributed by atoms with van der Waals surface area (Å²) in [5.74, 6) is 0.881. The van der Waals surface area contributed by atoms with Gasteiger partial charge in [-0.15, -0.1) is 0 Å². The van der Waals surface area contributed by atoms with Crippen molar-refractivity contribution in [2.24, 2.45) is 0 Å². The van der Waals surface area contributed by atoms with Crippen molar-refractivity contribution in [1.29, 1.82) is 0 Å². The van der Waals surface area contributed by atoms with Crippen LogP contribution in [0.4, 0.5) is 5.69 Å². The second-order valence-corrected chi connectivity index (χ2v) is 7.82. The first-order chi connectivity index (χ1) is 13.1. The third-order valence-electron chi connectivity index (χ3n) is 5.75. The molecular weight excluding hydrogens is 338 g/mol. The van der Waals surface area contributed by atoms with Crippen LogP contribution in [-0.4, -0.2) is 48.3 Å². The van der Waals surface area contributed by atoms with Crippen molar-refractivity contribution in [2.75, 3.05) is 32.1 Å². The molecule has 2 aliphatic rings. The highest BCUT2D eigenvalue weighted by atomic mass is 16.5. The van der Waals surface area contributed by atoms with E-state index in [1.54, 1.807) is 7.11 Å². The van der Waals surface area contributed by atoms with E-state index in [9.17, 15) is 0 Å². The standard InChI is InChI=1S/C22H29N3O2/c1-17-5-3-7-19(23-17)15-25-11-9-22(10-12-25)14-20(16-27-22)24-18-6-4-8-21(13-18)26-2/h3-8,13,20,24H,9-12,14-16H2,1-2H3/t20-/m0/s1. The number of aromatic nitrogens is 1. The van der Waals surface area contributed by atoms with Gasteiger partial charge in [-0.3, -0.25) is 9.88 Å². The van der Waals surface area contributed by atoms with Crippen molar-refractivity contribution in [1.82, 2.24) is 9.88 Å². The van der Waals surface area contributed by atoms with Crippen LogP contribution in [0.5, 0.6) is 5.75 Å². The minimum Gasteiger partial charge on any atom is -0.497 e. The zero-order valence-corrected chi connectivity index (χ0v) is 16.3. The predicted molar refractivity (Wildman–Crippen MR) is 107 cm³/mol. The molecule has 1 spiro atoms. The molecule has 2 aromatic rings. The molecule has 1 N–H and O–H groups in total. The van der Waals surface area contributed by atoms with E-state index >= 15 is 0 Å². The number of anilines is 1. The van der Waals surface area contributed by atoms with Crippen LogP contribution in [0.3, 0.4) is 0 Å². The van der Waals surface area contributed by atoms with Gasteiger partial charge in [0.05, 0.1) is 31.1 Å². The van der Waals surface area contributed by atoms with Crippen molar-refractivity contribution in [3.05, 3.63) is 53.9 Å². The van der Waals surface area contributed by atoms with Gasteiger partial charge >= 0.3 is 0 Å². The van der Waals surface area contributed by atoms with Gasteiger partial charge < -0.3 is 14.8 Å². The van der Waals surface area contributed by atoms with E-state index < -0.39 is 0 Å². The summed E-state index contributed by atoms with van der Waals surface area (Å²) in [7, 11) is 1.70. The van der Waals surface area contributed by atoms with E-state index in [4.69, 9.17) is 9.47 Å². The van der Waals surface area contributed by atoms with Gasteiger partial charge in [0, 0.05) is 37.1 Å². The third-order valence-corrected chi connectivity index (χ3v) is 5.75.